The predicted molar refractivity (Wildman–Crippen MR) is 87.5 cm³/mol. The van der Waals surface area contributed by atoms with Gasteiger partial charge in [-0.25, -0.2) is 4.79 Å². The molecule has 0 bridgehead atoms. The number of carbonyl (C=O) groups is 1. The van der Waals surface area contributed by atoms with Gasteiger partial charge in [-0.05, 0) is 53.4 Å². The van der Waals surface area contributed by atoms with Gasteiger partial charge in [0.25, 0.3) is 0 Å². The lowest BCUT2D eigenvalue weighted by atomic mass is 9.84. The van der Waals surface area contributed by atoms with Crippen LogP contribution < -0.4 is 10.6 Å². The molecule has 0 aromatic rings. The highest BCUT2D eigenvalue weighted by atomic mass is 16.6. The molecule has 1 rings (SSSR count). The second-order valence-electron chi connectivity index (χ2n) is 8.03. The number of ether oxygens (including phenoxy) is 1. The Bertz CT molecular complexity index is 334. The van der Waals surface area contributed by atoms with Crippen LogP contribution >= 0.6 is 0 Å². The summed E-state index contributed by atoms with van der Waals surface area (Å²) in [7, 11) is 0. The second-order valence-corrected chi connectivity index (χ2v) is 8.03. The van der Waals surface area contributed by atoms with Crippen LogP contribution in [0.1, 0.15) is 73.6 Å². The topological polar surface area (TPSA) is 50.4 Å². The zero-order valence-electron chi connectivity index (χ0n) is 14.7. The number of rotatable bonds is 5. The van der Waals surface area contributed by atoms with Gasteiger partial charge in [-0.15, -0.1) is 0 Å². The Morgan fingerprint density at radius 3 is 2.43 bits per heavy atom. The summed E-state index contributed by atoms with van der Waals surface area (Å²) in [5.41, 5.74) is -0.757. The lowest BCUT2D eigenvalue weighted by Gasteiger charge is -2.34. The van der Waals surface area contributed by atoms with Crippen molar-refractivity contribution in [1.82, 2.24) is 10.6 Å². The summed E-state index contributed by atoms with van der Waals surface area (Å²) in [4.78, 5) is 11.9. The van der Waals surface area contributed by atoms with Crippen LogP contribution in [-0.2, 0) is 4.74 Å². The van der Waals surface area contributed by atoms with Gasteiger partial charge >= 0.3 is 6.09 Å². The van der Waals surface area contributed by atoms with Crippen LogP contribution in [0, 0.1) is 5.92 Å². The molecule has 124 valence electrons. The third-order valence-electron chi connectivity index (χ3n) is 4.03. The van der Waals surface area contributed by atoms with E-state index in [9.17, 15) is 4.79 Å². The zero-order chi connectivity index (χ0) is 16.1. The number of nitrogens with one attached hydrogen (secondary N) is 2. The van der Waals surface area contributed by atoms with Crippen LogP contribution in [-0.4, -0.2) is 29.8 Å². The Hall–Kier alpha value is -0.770. The first-order chi connectivity index (χ1) is 9.61. The quantitative estimate of drug-likeness (QED) is 0.810. The van der Waals surface area contributed by atoms with E-state index in [0.717, 1.165) is 12.5 Å². The lowest BCUT2D eigenvalue weighted by molar-refractivity contribution is 0.0469. The van der Waals surface area contributed by atoms with Gasteiger partial charge in [-0.1, -0.05) is 26.2 Å². The second kappa shape index (κ2) is 7.48. The average Bonchev–Trinajstić information content (AvgIpc) is 2.33. The Balaban J connectivity index is 2.36. The number of hydrogen-bond acceptors (Lipinski definition) is 3. The van der Waals surface area contributed by atoms with E-state index in [1.165, 1.54) is 32.1 Å². The molecule has 2 N–H and O–H groups in total. The molecular formula is C17H34N2O2. The molecule has 1 aliphatic rings. The first-order valence-electron chi connectivity index (χ1n) is 8.36. The van der Waals surface area contributed by atoms with Crippen molar-refractivity contribution in [3.8, 4) is 0 Å². The minimum Gasteiger partial charge on any atom is -0.444 e. The Morgan fingerprint density at radius 2 is 1.86 bits per heavy atom. The largest absolute Gasteiger partial charge is 0.444 e. The summed E-state index contributed by atoms with van der Waals surface area (Å²) in [5, 5.41) is 6.58. The normalized spacial score (nSPS) is 23.7. The number of alkyl carbamates (subject to hydrolysis) is 1. The number of carbonyl (C=O) groups excluding carboxylic acids is 1. The fraction of sp³-hybridized carbons (Fsp3) is 0.941. The molecule has 1 amide bonds. The molecule has 0 aromatic heterocycles. The highest BCUT2D eigenvalue weighted by Gasteiger charge is 2.27. The summed E-state index contributed by atoms with van der Waals surface area (Å²) in [6, 6.07) is 0.586. The summed E-state index contributed by atoms with van der Waals surface area (Å²) >= 11 is 0. The van der Waals surface area contributed by atoms with Gasteiger partial charge in [0.05, 0.1) is 5.54 Å². The predicted octanol–water partition coefficient (Wildman–Crippen LogP) is 3.85. The van der Waals surface area contributed by atoms with Crippen molar-refractivity contribution in [1.29, 1.82) is 0 Å². The Kier molecular flexibility index (Phi) is 6.51. The van der Waals surface area contributed by atoms with Crippen molar-refractivity contribution >= 4 is 6.09 Å². The molecule has 0 aliphatic heterocycles. The van der Waals surface area contributed by atoms with E-state index in [4.69, 9.17) is 4.74 Å². The Labute approximate surface area is 130 Å². The maximum atomic E-state index is 11.9. The molecule has 0 spiro atoms. The maximum Gasteiger partial charge on any atom is 0.408 e. The smallest absolute Gasteiger partial charge is 0.408 e. The van der Waals surface area contributed by atoms with Gasteiger partial charge in [-0.2, -0.15) is 0 Å². The van der Waals surface area contributed by atoms with Crippen LogP contribution in [0.5, 0.6) is 0 Å². The van der Waals surface area contributed by atoms with Crippen molar-refractivity contribution in [2.24, 2.45) is 5.92 Å². The average molecular weight is 298 g/mol. The van der Waals surface area contributed by atoms with E-state index in [0.29, 0.717) is 6.04 Å². The highest BCUT2D eigenvalue weighted by Crippen LogP contribution is 2.26. The van der Waals surface area contributed by atoms with Crippen LogP contribution in [0.4, 0.5) is 4.79 Å². The molecule has 2 unspecified atom stereocenters. The molecule has 4 nitrogen and oxygen atoms in total. The molecule has 4 heteroatoms. The molecular weight excluding hydrogens is 264 g/mol. The van der Waals surface area contributed by atoms with E-state index in [1.807, 2.05) is 34.6 Å². The summed E-state index contributed by atoms with van der Waals surface area (Å²) in [5.74, 6) is 0.859. The van der Waals surface area contributed by atoms with Crippen LogP contribution in [0.2, 0.25) is 0 Å². The van der Waals surface area contributed by atoms with Gasteiger partial charge in [0.1, 0.15) is 5.60 Å². The zero-order valence-corrected chi connectivity index (χ0v) is 14.7. The third kappa shape index (κ3) is 7.70. The van der Waals surface area contributed by atoms with Crippen molar-refractivity contribution in [2.75, 3.05) is 6.54 Å². The fourth-order valence-electron chi connectivity index (χ4n) is 2.87. The van der Waals surface area contributed by atoms with Crippen molar-refractivity contribution in [3.63, 3.8) is 0 Å². The van der Waals surface area contributed by atoms with Gasteiger partial charge in [0, 0.05) is 12.6 Å². The molecule has 0 saturated heterocycles. The van der Waals surface area contributed by atoms with E-state index >= 15 is 0 Å². The molecule has 21 heavy (non-hydrogen) atoms. The summed E-state index contributed by atoms with van der Waals surface area (Å²) < 4.78 is 5.32. The monoisotopic (exact) mass is 298 g/mol. The Morgan fingerprint density at radius 1 is 1.19 bits per heavy atom. The van der Waals surface area contributed by atoms with Gasteiger partial charge < -0.3 is 15.4 Å². The SMILES string of the molecule is CCC1CCCC(NCC(C)(C)NC(=O)OC(C)(C)C)C1. The lowest BCUT2D eigenvalue weighted by Crippen LogP contribution is -2.53. The summed E-state index contributed by atoms with van der Waals surface area (Å²) in [6.07, 6.45) is 6.13. The van der Waals surface area contributed by atoms with Gasteiger partial charge in [0.15, 0.2) is 0 Å². The van der Waals surface area contributed by atoms with Crippen molar-refractivity contribution in [3.05, 3.63) is 0 Å². The van der Waals surface area contributed by atoms with Crippen molar-refractivity contribution in [2.45, 2.75) is 90.8 Å². The van der Waals surface area contributed by atoms with Crippen LogP contribution in [0.25, 0.3) is 0 Å². The van der Waals surface area contributed by atoms with E-state index in [1.54, 1.807) is 0 Å². The maximum absolute atomic E-state index is 11.9. The molecule has 1 fully saturated rings. The van der Waals surface area contributed by atoms with Gasteiger partial charge in [-0.3, -0.25) is 0 Å². The number of hydrogen-bond donors (Lipinski definition) is 2. The minimum atomic E-state index is -0.453. The first kappa shape index (κ1) is 18.3. The number of amides is 1. The highest BCUT2D eigenvalue weighted by molar-refractivity contribution is 5.68. The van der Waals surface area contributed by atoms with Crippen molar-refractivity contribution < 1.29 is 9.53 Å². The molecule has 1 saturated carbocycles. The molecule has 0 aromatic carbocycles. The first-order valence-corrected chi connectivity index (χ1v) is 8.36. The molecule has 2 atom stereocenters. The van der Waals surface area contributed by atoms with Gasteiger partial charge in [0.2, 0.25) is 0 Å². The molecule has 0 radical (unpaired) electrons. The molecule has 0 heterocycles. The standard InChI is InChI=1S/C17H34N2O2/c1-7-13-9-8-10-14(11-13)18-12-17(5,6)19-15(20)21-16(2,3)4/h13-14,18H,7-12H2,1-6H3,(H,19,20). The van der Waals surface area contributed by atoms with E-state index in [-0.39, 0.29) is 11.6 Å². The third-order valence-corrected chi connectivity index (χ3v) is 4.03. The fourth-order valence-corrected chi connectivity index (χ4v) is 2.87. The van der Waals surface area contributed by atoms with E-state index in [2.05, 4.69) is 17.6 Å². The molecule has 1 aliphatic carbocycles. The summed E-state index contributed by atoms with van der Waals surface area (Å²) in [6.45, 7) is 12.8. The van der Waals surface area contributed by atoms with Crippen LogP contribution in [0.3, 0.4) is 0 Å². The van der Waals surface area contributed by atoms with Crippen LogP contribution in [0.15, 0.2) is 0 Å². The minimum absolute atomic E-state index is 0.304. The van der Waals surface area contributed by atoms with E-state index < -0.39 is 5.60 Å².